The minimum atomic E-state index is 0.267. The van der Waals surface area contributed by atoms with Crippen LogP contribution in [0.2, 0.25) is 0 Å². The zero-order chi connectivity index (χ0) is 10.1. The van der Waals surface area contributed by atoms with E-state index in [1.54, 1.807) is 17.8 Å². The van der Waals surface area contributed by atoms with E-state index in [0.29, 0.717) is 11.1 Å². The van der Waals surface area contributed by atoms with Gasteiger partial charge in [0.25, 0.3) is 0 Å². The summed E-state index contributed by atoms with van der Waals surface area (Å²) in [5, 5.41) is 20.8. The fourth-order valence-electron chi connectivity index (χ4n) is 1.36. The molecule has 4 nitrogen and oxygen atoms in total. The molecule has 3 N–H and O–H groups in total. The third-order valence-electron chi connectivity index (χ3n) is 2.04. The quantitative estimate of drug-likeness (QED) is 0.622. The molecule has 5 heteroatoms. The van der Waals surface area contributed by atoms with Crippen molar-refractivity contribution < 1.29 is 0 Å². The van der Waals surface area contributed by atoms with Gasteiger partial charge in [0.2, 0.25) is 0 Å². The van der Waals surface area contributed by atoms with Crippen LogP contribution in [0.4, 0.5) is 11.4 Å². The van der Waals surface area contributed by atoms with Crippen molar-refractivity contribution >= 4 is 23.1 Å². The van der Waals surface area contributed by atoms with Gasteiger partial charge < -0.3 is 11.1 Å². The monoisotopic (exact) mass is 202 g/mol. The zero-order valence-corrected chi connectivity index (χ0v) is 7.98. The van der Waals surface area contributed by atoms with Crippen LogP contribution in [-0.4, -0.2) is 5.88 Å². The molecule has 0 saturated carbocycles. The Bertz CT molecular complexity index is 477. The Balaban J connectivity index is 2.76. The molecule has 0 fully saturated rings. The topological polar surface area (TPSA) is 85.6 Å². The van der Waals surface area contributed by atoms with Crippen LogP contribution in [0.15, 0.2) is 11.0 Å². The Morgan fingerprint density at radius 1 is 1.43 bits per heavy atom. The van der Waals surface area contributed by atoms with Gasteiger partial charge in [0.1, 0.15) is 17.7 Å². The fraction of sp³-hybridized carbons (Fsp3) is 0.111. The van der Waals surface area contributed by atoms with Gasteiger partial charge in [0.05, 0.1) is 22.8 Å². The highest BCUT2D eigenvalue weighted by Gasteiger charge is 2.20. The lowest BCUT2D eigenvalue weighted by Crippen LogP contribution is -1.99. The molecule has 1 aliphatic heterocycles. The molecule has 0 aliphatic carbocycles. The maximum atomic E-state index is 8.91. The number of hydrogen-bond donors (Lipinski definition) is 2. The molecule has 0 amide bonds. The second-order valence-corrected chi connectivity index (χ2v) is 3.79. The van der Waals surface area contributed by atoms with Gasteiger partial charge in [-0.25, -0.2) is 0 Å². The highest BCUT2D eigenvalue weighted by Crippen LogP contribution is 2.40. The van der Waals surface area contributed by atoms with Gasteiger partial charge in [-0.1, -0.05) is 0 Å². The van der Waals surface area contributed by atoms with Crippen LogP contribution in [0.25, 0.3) is 0 Å². The van der Waals surface area contributed by atoms with Gasteiger partial charge >= 0.3 is 0 Å². The normalized spacial score (nSPS) is 12.4. The molecule has 0 spiro atoms. The summed E-state index contributed by atoms with van der Waals surface area (Å²) in [6.07, 6.45) is 0. The third kappa shape index (κ3) is 1.07. The van der Waals surface area contributed by atoms with E-state index in [2.05, 4.69) is 5.32 Å². The Labute approximate surface area is 85.3 Å². The molecule has 0 bridgehead atoms. The molecule has 1 aromatic rings. The Morgan fingerprint density at radius 3 is 2.86 bits per heavy atom. The summed E-state index contributed by atoms with van der Waals surface area (Å²) in [6, 6.07) is 5.72. The highest BCUT2D eigenvalue weighted by molar-refractivity contribution is 7.99. The zero-order valence-electron chi connectivity index (χ0n) is 7.16. The SMILES string of the molecule is N#Cc1cc2c(c(C#N)c1N)NCS2. The van der Waals surface area contributed by atoms with Gasteiger partial charge in [-0.3, -0.25) is 0 Å². The maximum absolute atomic E-state index is 8.91. The van der Waals surface area contributed by atoms with Crippen LogP contribution >= 0.6 is 11.8 Å². The van der Waals surface area contributed by atoms with Crippen LogP contribution in [0.5, 0.6) is 0 Å². The van der Waals surface area contributed by atoms with Crippen LogP contribution < -0.4 is 11.1 Å². The summed E-state index contributed by atoms with van der Waals surface area (Å²) in [5.41, 5.74) is 7.46. The summed E-state index contributed by atoms with van der Waals surface area (Å²) in [7, 11) is 0. The minimum Gasteiger partial charge on any atom is -0.397 e. The predicted octanol–water partition coefficient (Wildman–Crippen LogP) is 1.49. The van der Waals surface area contributed by atoms with Crippen molar-refractivity contribution in [1.29, 1.82) is 10.5 Å². The molecule has 0 unspecified atom stereocenters. The van der Waals surface area contributed by atoms with E-state index in [1.807, 2.05) is 12.1 Å². The average molecular weight is 202 g/mol. The summed E-state index contributed by atoms with van der Waals surface area (Å²) in [4.78, 5) is 0.923. The fourth-order valence-corrected chi connectivity index (χ4v) is 2.25. The van der Waals surface area contributed by atoms with Crippen molar-refractivity contribution in [3.63, 3.8) is 0 Å². The number of nitrogen functional groups attached to an aromatic ring is 1. The van der Waals surface area contributed by atoms with Crippen LogP contribution in [0.1, 0.15) is 11.1 Å². The van der Waals surface area contributed by atoms with E-state index in [1.165, 1.54) is 0 Å². The highest BCUT2D eigenvalue weighted by atomic mass is 32.2. The van der Waals surface area contributed by atoms with Crippen molar-refractivity contribution in [3.05, 3.63) is 17.2 Å². The van der Waals surface area contributed by atoms with Crippen molar-refractivity contribution in [2.75, 3.05) is 16.9 Å². The van der Waals surface area contributed by atoms with Crippen molar-refractivity contribution in [3.8, 4) is 12.1 Å². The molecule has 68 valence electrons. The number of benzene rings is 1. The van der Waals surface area contributed by atoms with E-state index in [-0.39, 0.29) is 5.69 Å². The molecule has 0 aromatic heterocycles. The first-order chi connectivity index (χ1) is 6.77. The Hall–Kier alpha value is -1.85. The Morgan fingerprint density at radius 2 is 2.21 bits per heavy atom. The summed E-state index contributed by atoms with van der Waals surface area (Å²) < 4.78 is 0. The smallest absolute Gasteiger partial charge is 0.104 e. The number of thioether (sulfide) groups is 1. The van der Waals surface area contributed by atoms with E-state index in [0.717, 1.165) is 16.5 Å². The van der Waals surface area contributed by atoms with Gasteiger partial charge in [-0.05, 0) is 6.07 Å². The Kier molecular flexibility index (Phi) is 1.95. The summed E-state index contributed by atoms with van der Waals surface area (Å²) >= 11 is 1.57. The van der Waals surface area contributed by atoms with Gasteiger partial charge in [-0.15, -0.1) is 11.8 Å². The molecule has 0 radical (unpaired) electrons. The number of hydrogen-bond acceptors (Lipinski definition) is 5. The largest absolute Gasteiger partial charge is 0.397 e. The van der Waals surface area contributed by atoms with Crippen molar-refractivity contribution in [1.82, 2.24) is 0 Å². The molecule has 1 aliphatic rings. The molecular formula is C9H6N4S. The van der Waals surface area contributed by atoms with E-state index < -0.39 is 0 Å². The molecule has 2 rings (SSSR count). The number of nitrogens with one attached hydrogen (secondary N) is 1. The number of nitrogens with zero attached hydrogens (tertiary/aromatic N) is 2. The van der Waals surface area contributed by atoms with Crippen LogP contribution in [0, 0.1) is 22.7 Å². The van der Waals surface area contributed by atoms with Crippen molar-refractivity contribution in [2.45, 2.75) is 4.90 Å². The number of rotatable bonds is 0. The first kappa shape index (κ1) is 8.74. The number of anilines is 2. The molecule has 1 aromatic carbocycles. The lowest BCUT2D eigenvalue weighted by Gasteiger charge is -2.05. The third-order valence-corrected chi connectivity index (χ3v) is 2.96. The second kappa shape index (κ2) is 3.13. The second-order valence-electron chi connectivity index (χ2n) is 2.77. The maximum Gasteiger partial charge on any atom is 0.104 e. The molecular weight excluding hydrogens is 196 g/mol. The van der Waals surface area contributed by atoms with E-state index in [4.69, 9.17) is 16.3 Å². The summed E-state index contributed by atoms with van der Waals surface area (Å²) in [5.74, 6) is 0.721. The molecule has 14 heavy (non-hydrogen) atoms. The summed E-state index contributed by atoms with van der Waals surface area (Å²) in [6.45, 7) is 0. The minimum absolute atomic E-state index is 0.267. The van der Waals surface area contributed by atoms with E-state index >= 15 is 0 Å². The predicted molar refractivity (Wildman–Crippen MR) is 54.6 cm³/mol. The number of nitrogens with two attached hydrogens (primary N) is 1. The molecule has 0 atom stereocenters. The van der Waals surface area contributed by atoms with Crippen molar-refractivity contribution in [2.24, 2.45) is 0 Å². The average Bonchev–Trinajstić information content (AvgIpc) is 2.64. The lowest BCUT2D eigenvalue weighted by atomic mass is 10.1. The standard InChI is InChI=1S/C9H6N4S/c10-2-5-1-7-9(13-4-14-7)6(3-11)8(5)12/h1,13H,4,12H2. The number of fused-ring (bicyclic) bond motifs is 1. The lowest BCUT2D eigenvalue weighted by molar-refractivity contribution is 1.36. The van der Waals surface area contributed by atoms with Gasteiger partial charge in [-0.2, -0.15) is 10.5 Å². The first-order valence-electron chi connectivity index (χ1n) is 3.91. The molecule has 0 saturated heterocycles. The molecule has 1 heterocycles. The van der Waals surface area contributed by atoms with Gasteiger partial charge in [0.15, 0.2) is 0 Å². The first-order valence-corrected chi connectivity index (χ1v) is 4.90. The van der Waals surface area contributed by atoms with Crippen LogP contribution in [-0.2, 0) is 0 Å². The van der Waals surface area contributed by atoms with Crippen LogP contribution in [0.3, 0.4) is 0 Å². The van der Waals surface area contributed by atoms with E-state index in [9.17, 15) is 0 Å². The number of nitriles is 2. The van der Waals surface area contributed by atoms with Gasteiger partial charge in [0, 0.05) is 4.90 Å².